The number of benzene rings is 2. The van der Waals surface area contributed by atoms with Crippen LogP contribution in [0.2, 0.25) is 0 Å². The number of esters is 1. The number of nitrogens with zero attached hydrogens (tertiary/aromatic N) is 8. The van der Waals surface area contributed by atoms with Gasteiger partial charge in [0, 0.05) is 92.2 Å². The molecule has 2 fully saturated rings. The molecule has 2 aliphatic heterocycles. The van der Waals surface area contributed by atoms with E-state index in [2.05, 4.69) is 43.8 Å². The Morgan fingerprint density at radius 3 is 1.49 bits per heavy atom. The highest BCUT2D eigenvalue weighted by atomic mass is 16.5. The van der Waals surface area contributed by atoms with Crippen LogP contribution in [0.5, 0.6) is 0 Å². The number of carbonyl (C=O) groups is 4. The number of pyridine rings is 2. The van der Waals surface area contributed by atoms with Crippen LogP contribution in [0, 0.1) is 23.7 Å². The minimum Gasteiger partial charge on any atom is -0.464 e. The number of ether oxygens (including phenoxy) is 1. The number of aliphatic hydroxyl groups is 3. The van der Waals surface area contributed by atoms with Crippen LogP contribution in [0.3, 0.4) is 0 Å². The first-order chi connectivity index (χ1) is 30.9. The summed E-state index contributed by atoms with van der Waals surface area (Å²) in [5.41, 5.74) is 7.89. The van der Waals surface area contributed by atoms with E-state index in [1.54, 1.807) is 56.8 Å². The van der Waals surface area contributed by atoms with Gasteiger partial charge in [0.2, 0.25) is 11.2 Å². The van der Waals surface area contributed by atoms with E-state index in [1.165, 1.54) is 16.9 Å². The molecule has 3 amide bonds. The van der Waals surface area contributed by atoms with Gasteiger partial charge in [0.15, 0.2) is 5.69 Å². The predicted octanol–water partition coefficient (Wildman–Crippen LogP) is 3.74. The minimum atomic E-state index is -1.67. The number of fused-ring (bicyclic) bond motifs is 2. The van der Waals surface area contributed by atoms with Crippen LogP contribution in [0.25, 0.3) is 44.3 Å². The first kappa shape index (κ1) is 47.0. The normalized spacial score (nSPS) is 17.9. The van der Waals surface area contributed by atoms with Gasteiger partial charge in [-0.05, 0) is 64.1 Å². The number of hydrogen-bond acceptors (Lipinski definition) is 12. The molecule has 0 unspecified atom stereocenters. The smallest absolute Gasteiger partial charge is 0.356 e. The van der Waals surface area contributed by atoms with Crippen LogP contribution in [0.15, 0.2) is 73.1 Å². The number of hydrogen-bond donors (Lipinski definition) is 4. The van der Waals surface area contributed by atoms with Crippen molar-refractivity contribution in [3.63, 3.8) is 0 Å². The Kier molecular flexibility index (Phi) is 13.8. The summed E-state index contributed by atoms with van der Waals surface area (Å²) in [6.07, 6.45) is 3.99. The third kappa shape index (κ3) is 9.58. The van der Waals surface area contributed by atoms with Gasteiger partial charge in [0.05, 0.1) is 41.9 Å². The monoisotopic (exact) mass is 881 g/mol. The fraction of sp³-hybridized carbons (Fsp3) is 0.333. The molecule has 0 saturated carbocycles. The van der Waals surface area contributed by atoms with Crippen LogP contribution < -0.4 is 5.73 Å². The Labute approximate surface area is 375 Å². The summed E-state index contributed by atoms with van der Waals surface area (Å²) in [5, 5.41) is 38.6. The second kappa shape index (κ2) is 19.1. The van der Waals surface area contributed by atoms with Crippen LogP contribution in [-0.2, 0) is 14.3 Å². The molecule has 6 heterocycles. The van der Waals surface area contributed by atoms with Crippen LogP contribution >= 0.6 is 0 Å². The summed E-state index contributed by atoms with van der Waals surface area (Å²) in [4.78, 5) is 60.4. The molecule has 0 bridgehead atoms. The molecule has 0 spiro atoms. The van der Waals surface area contributed by atoms with E-state index in [9.17, 15) is 29.4 Å². The van der Waals surface area contributed by atoms with E-state index in [1.807, 2.05) is 67.4 Å². The maximum atomic E-state index is 12.3. The Bertz CT molecular complexity index is 2950. The number of methoxy groups -OCH3 is 1. The summed E-state index contributed by atoms with van der Waals surface area (Å²) in [7, 11) is 5.60. The highest BCUT2D eigenvalue weighted by Crippen LogP contribution is 2.32. The third-order valence-electron chi connectivity index (χ3n) is 10.9. The molecule has 2 atom stereocenters. The van der Waals surface area contributed by atoms with Gasteiger partial charge in [-0.2, -0.15) is 10.2 Å². The second-order valence-corrected chi connectivity index (χ2v) is 16.1. The highest BCUT2D eigenvalue weighted by Gasteiger charge is 2.43. The zero-order valence-electron chi connectivity index (χ0n) is 37.4. The molecule has 2 aliphatic rings. The number of nitrogens with two attached hydrogens (primary N) is 1. The molecule has 65 heavy (non-hydrogen) atoms. The Morgan fingerprint density at radius 1 is 0.708 bits per heavy atom. The Morgan fingerprint density at radius 2 is 1.12 bits per heavy atom. The number of aromatic nitrogens is 6. The van der Waals surface area contributed by atoms with Gasteiger partial charge < -0.3 is 35.6 Å². The van der Waals surface area contributed by atoms with Crippen LogP contribution in [-0.4, -0.2) is 131 Å². The average Bonchev–Trinajstić information content (AvgIpc) is 4.07. The van der Waals surface area contributed by atoms with Gasteiger partial charge in [0.25, 0.3) is 17.7 Å². The first-order valence-electron chi connectivity index (χ1n) is 20.8. The fourth-order valence-electron chi connectivity index (χ4n) is 7.46. The van der Waals surface area contributed by atoms with E-state index in [-0.39, 0.29) is 36.3 Å². The quantitative estimate of drug-likeness (QED) is 0.139. The van der Waals surface area contributed by atoms with E-state index >= 15 is 0 Å². The summed E-state index contributed by atoms with van der Waals surface area (Å²) >= 11 is 0. The van der Waals surface area contributed by atoms with Crippen molar-refractivity contribution in [2.45, 2.75) is 63.8 Å². The van der Waals surface area contributed by atoms with Crippen molar-refractivity contribution in [3.05, 3.63) is 95.6 Å². The van der Waals surface area contributed by atoms with Crippen molar-refractivity contribution < 1.29 is 39.2 Å². The van der Waals surface area contributed by atoms with Crippen molar-refractivity contribution in [1.82, 2.24) is 39.3 Å². The molecule has 6 aromatic rings. The van der Waals surface area contributed by atoms with Crippen molar-refractivity contribution in [2.24, 2.45) is 5.73 Å². The highest BCUT2D eigenvalue weighted by molar-refractivity contribution is 6.00. The second-order valence-electron chi connectivity index (χ2n) is 16.1. The average molecular weight is 882 g/mol. The maximum absolute atomic E-state index is 12.3. The molecule has 2 saturated heterocycles. The summed E-state index contributed by atoms with van der Waals surface area (Å²) in [6.45, 7) is 8.94. The van der Waals surface area contributed by atoms with Gasteiger partial charge in [0.1, 0.15) is 5.69 Å². The van der Waals surface area contributed by atoms with E-state index in [4.69, 9.17) is 15.6 Å². The minimum absolute atomic E-state index is 0.0910. The number of likely N-dealkylation sites (N-methyl/N-ethyl adjacent to an activating group) is 2. The van der Waals surface area contributed by atoms with Crippen molar-refractivity contribution in [1.29, 1.82) is 0 Å². The molecule has 4 aromatic heterocycles. The zero-order valence-corrected chi connectivity index (χ0v) is 37.4. The van der Waals surface area contributed by atoms with E-state index in [0.717, 1.165) is 40.0 Å². The molecule has 8 rings (SSSR count). The Hall–Kier alpha value is -7.44. The number of amides is 3. The lowest BCUT2D eigenvalue weighted by molar-refractivity contribution is -0.138. The number of primary amides is 1. The van der Waals surface area contributed by atoms with Gasteiger partial charge in [-0.1, -0.05) is 47.9 Å². The zero-order chi connectivity index (χ0) is 47.4. The number of likely N-dealkylation sites (tertiary alicyclic amines) is 2. The standard InChI is InChI=1S/C24H24N4O4.C23H23N5O3.CH4O/c1-15(2)28-20-13-19(22(29)32-4)26-21(18(20)14-25-28)17-7-5-6-16(12-17)8-9-24(31)10-11-27(3)23(24)30;1-14(2)28-19-12-18(21(24)29)26-20(17(19)13-25-28)16-6-4-5-15(11-16)7-8-23(31)9-10-27(3)22(23)30;1-2/h5-7,12-15,31H,10-11H2,1-4H3;4-6,11-14,31H,9-10H2,1-3H3,(H2,24,29);2H,1H3/t24-;23-;/m00./s1. The topological polar surface area (TPSA) is 232 Å². The summed E-state index contributed by atoms with van der Waals surface area (Å²) < 4.78 is 8.53. The summed E-state index contributed by atoms with van der Waals surface area (Å²) in [5.74, 6) is 9.34. The fourth-order valence-corrected chi connectivity index (χ4v) is 7.46. The SMILES string of the molecule is CC(C)n1ncc2c(-c3cccc(C#C[C@]4(O)CCN(C)C4=O)c3)nc(C(N)=O)cc21.CO.COC(=O)c1cc2c(cnn2C(C)C)c(-c2cccc(C#C[C@]3(O)CCN(C)C3=O)c2)n1. The lowest BCUT2D eigenvalue weighted by Gasteiger charge is -2.13. The van der Waals surface area contributed by atoms with Crippen molar-refractivity contribution >= 4 is 45.5 Å². The number of rotatable bonds is 6. The van der Waals surface area contributed by atoms with Crippen molar-refractivity contribution in [2.75, 3.05) is 41.4 Å². The van der Waals surface area contributed by atoms with Gasteiger partial charge in [-0.15, -0.1) is 0 Å². The van der Waals surface area contributed by atoms with Crippen molar-refractivity contribution in [3.8, 4) is 46.2 Å². The lowest BCUT2D eigenvalue weighted by atomic mass is 10.0. The van der Waals surface area contributed by atoms with Gasteiger partial charge in [-0.3, -0.25) is 23.7 Å². The van der Waals surface area contributed by atoms with Gasteiger partial charge in [-0.25, -0.2) is 14.8 Å². The van der Waals surface area contributed by atoms with E-state index in [0.29, 0.717) is 35.6 Å². The van der Waals surface area contributed by atoms with Gasteiger partial charge >= 0.3 is 5.97 Å². The predicted molar refractivity (Wildman–Crippen MR) is 243 cm³/mol. The molecule has 17 nitrogen and oxygen atoms in total. The number of carbonyl (C=O) groups excluding carboxylic acids is 4. The molecular weight excluding hydrogens is 831 g/mol. The molecule has 5 N–H and O–H groups in total. The number of aliphatic hydroxyl groups excluding tert-OH is 1. The molecule has 336 valence electrons. The maximum Gasteiger partial charge on any atom is 0.356 e. The lowest BCUT2D eigenvalue weighted by Crippen LogP contribution is -2.37. The Balaban J connectivity index is 0.000000208. The molecule has 0 radical (unpaired) electrons. The van der Waals surface area contributed by atoms with Crippen LogP contribution in [0.4, 0.5) is 0 Å². The first-order valence-corrected chi connectivity index (χ1v) is 20.8. The molecule has 0 aliphatic carbocycles. The van der Waals surface area contributed by atoms with Crippen LogP contribution in [0.1, 0.15) is 84.7 Å². The largest absolute Gasteiger partial charge is 0.464 e. The molecule has 17 heteroatoms. The summed E-state index contributed by atoms with van der Waals surface area (Å²) in [6, 6.07) is 18.1. The molecule has 2 aromatic carbocycles. The molecular formula is C48H51N9O8. The third-order valence-corrected chi connectivity index (χ3v) is 10.9. The van der Waals surface area contributed by atoms with E-state index < -0.39 is 34.9 Å².